The van der Waals surface area contributed by atoms with Gasteiger partial charge in [0.05, 0.1) is 0 Å². The summed E-state index contributed by atoms with van der Waals surface area (Å²) in [6, 6.07) is 0.647. The number of hydrogen-bond donors (Lipinski definition) is 2. The number of carbonyl (C=O) groups excluding carboxylic acids is 1. The Morgan fingerprint density at radius 2 is 2.13 bits per heavy atom. The van der Waals surface area contributed by atoms with Crippen LogP contribution in [0.3, 0.4) is 0 Å². The minimum absolute atomic E-state index is 0.250. The second-order valence-electron chi connectivity index (χ2n) is 4.91. The van der Waals surface area contributed by atoms with Crippen LogP contribution in [0.1, 0.15) is 44.9 Å². The standard InChI is InChI=1S/C12H22N2O/c15-12(6-5-10-3-4-10)14-9-7-11-2-1-8-13-11/h10-11,13H,1-9H2,(H,14,15)/t11-/m1/s1. The van der Waals surface area contributed by atoms with E-state index < -0.39 is 0 Å². The van der Waals surface area contributed by atoms with Crippen LogP contribution in [0.25, 0.3) is 0 Å². The van der Waals surface area contributed by atoms with Crippen molar-refractivity contribution in [1.82, 2.24) is 10.6 Å². The molecule has 3 heteroatoms. The maximum Gasteiger partial charge on any atom is 0.220 e. The smallest absolute Gasteiger partial charge is 0.220 e. The molecule has 15 heavy (non-hydrogen) atoms. The van der Waals surface area contributed by atoms with E-state index in [0.717, 1.165) is 38.3 Å². The van der Waals surface area contributed by atoms with Crippen LogP contribution in [0.5, 0.6) is 0 Å². The predicted molar refractivity (Wildman–Crippen MR) is 60.6 cm³/mol. The van der Waals surface area contributed by atoms with Crippen LogP contribution in [0.15, 0.2) is 0 Å². The fourth-order valence-electron chi connectivity index (χ4n) is 2.22. The minimum Gasteiger partial charge on any atom is -0.356 e. The van der Waals surface area contributed by atoms with Crippen LogP contribution in [0.2, 0.25) is 0 Å². The highest BCUT2D eigenvalue weighted by Crippen LogP contribution is 2.33. The second-order valence-corrected chi connectivity index (χ2v) is 4.91. The van der Waals surface area contributed by atoms with E-state index in [9.17, 15) is 4.79 Å². The molecule has 0 spiro atoms. The van der Waals surface area contributed by atoms with E-state index in [2.05, 4.69) is 10.6 Å². The van der Waals surface area contributed by atoms with Crippen molar-refractivity contribution in [2.45, 2.75) is 51.0 Å². The zero-order valence-corrected chi connectivity index (χ0v) is 9.43. The normalized spacial score (nSPS) is 25.5. The monoisotopic (exact) mass is 210 g/mol. The van der Waals surface area contributed by atoms with Gasteiger partial charge in [0.2, 0.25) is 5.91 Å². The van der Waals surface area contributed by atoms with Gasteiger partial charge in [-0.2, -0.15) is 0 Å². The van der Waals surface area contributed by atoms with Gasteiger partial charge in [0.1, 0.15) is 0 Å². The molecule has 2 fully saturated rings. The van der Waals surface area contributed by atoms with Crippen molar-refractivity contribution < 1.29 is 4.79 Å². The van der Waals surface area contributed by atoms with Crippen LogP contribution in [-0.2, 0) is 4.79 Å². The SMILES string of the molecule is O=C(CCC1CC1)NCC[C@H]1CCCN1. The van der Waals surface area contributed by atoms with Gasteiger partial charge in [-0.05, 0) is 38.1 Å². The lowest BCUT2D eigenvalue weighted by Gasteiger charge is -2.10. The highest BCUT2D eigenvalue weighted by molar-refractivity contribution is 5.75. The Hall–Kier alpha value is -0.570. The molecule has 1 aliphatic carbocycles. The number of rotatable bonds is 6. The van der Waals surface area contributed by atoms with Gasteiger partial charge in [-0.15, -0.1) is 0 Å². The Labute approximate surface area is 92.0 Å². The predicted octanol–water partition coefficient (Wildman–Crippen LogP) is 1.43. The molecule has 86 valence electrons. The Bertz CT molecular complexity index is 208. The quantitative estimate of drug-likeness (QED) is 0.696. The van der Waals surface area contributed by atoms with E-state index >= 15 is 0 Å². The van der Waals surface area contributed by atoms with Gasteiger partial charge in [0.15, 0.2) is 0 Å². The summed E-state index contributed by atoms with van der Waals surface area (Å²) in [5.74, 6) is 1.12. The summed E-state index contributed by atoms with van der Waals surface area (Å²) in [5, 5.41) is 6.45. The van der Waals surface area contributed by atoms with Gasteiger partial charge in [-0.25, -0.2) is 0 Å². The molecule has 1 heterocycles. The van der Waals surface area contributed by atoms with Gasteiger partial charge in [0.25, 0.3) is 0 Å². The van der Waals surface area contributed by atoms with Crippen molar-refractivity contribution >= 4 is 5.91 Å². The molecule has 1 atom stereocenters. The van der Waals surface area contributed by atoms with Gasteiger partial charge in [-0.3, -0.25) is 4.79 Å². The van der Waals surface area contributed by atoms with E-state index in [1.807, 2.05) is 0 Å². The molecule has 0 bridgehead atoms. The zero-order valence-electron chi connectivity index (χ0n) is 9.43. The molecule has 1 amide bonds. The van der Waals surface area contributed by atoms with Crippen LogP contribution >= 0.6 is 0 Å². The molecule has 1 saturated heterocycles. The Kier molecular flexibility index (Phi) is 4.01. The van der Waals surface area contributed by atoms with E-state index in [1.54, 1.807) is 0 Å². The summed E-state index contributed by atoms with van der Waals surface area (Å²) >= 11 is 0. The topological polar surface area (TPSA) is 41.1 Å². The van der Waals surface area contributed by atoms with Crippen molar-refractivity contribution in [1.29, 1.82) is 0 Å². The van der Waals surface area contributed by atoms with Gasteiger partial charge < -0.3 is 10.6 Å². The Morgan fingerprint density at radius 1 is 1.27 bits per heavy atom. The average molecular weight is 210 g/mol. The first-order valence-corrected chi connectivity index (χ1v) is 6.34. The molecule has 0 aromatic carbocycles. The van der Waals surface area contributed by atoms with Crippen LogP contribution < -0.4 is 10.6 Å². The molecular weight excluding hydrogens is 188 g/mol. The van der Waals surface area contributed by atoms with E-state index in [-0.39, 0.29) is 5.91 Å². The molecule has 2 aliphatic rings. The molecule has 1 saturated carbocycles. The first-order chi connectivity index (χ1) is 7.34. The maximum absolute atomic E-state index is 11.4. The van der Waals surface area contributed by atoms with Crippen LogP contribution in [0.4, 0.5) is 0 Å². The molecule has 2 N–H and O–H groups in total. The molecular formula is C12H22N2O. The minimum atomic E-state index is 0.250. The summed E-state index contributed by atoms with van der Waals surface area (Å²) in [5.41, 5.74) is 0. The van der Waals surface area contributed by atoms with E-state index in [4.69, 9.17) is 0 Å². The van der Waals surface area contributed by atoms with Crippen molar-refractivity contribution in [2.75, 3.05) is 13.1 Å². The van der Waals surface area contributed by atoms with E-state index in [1.165, 1.54) is 25.7 Å². The molecule has 1 aliphatic heterocycles. The summed E-state index contributed by atoms with van der Waals surface area (Å²) < 4.78 is 0. The highest BCUT2D eigenvalue weighted by atomic mass is 16.1. The number of amides is 1. The lowest BCUT2D eigenvalue weighted by molar-refractivity contribution is -0.121. The lowest BCUT2D eigenvalue weighted by atomic mass is 10.1. The molecule has 0 aromatic heterocycles. The Balaban J connectivity index is 1.46. The summed E-state index contributed by atoms with van der Waals surface area (Å²) in [7, 11) is 0. The second kappa shape index (κ2) is 5.50. The first kappa shape index (κ1) is 10.9. The lowest BCUT2D eigenvalue weighted by Crippen LogP contribution is -2.30. The first-order valence-electron chi connectivity index (χ1n) is 6.34. The van der Waals surface area contributed by atoms with Crippen molar-refractivity contribution in [2.24, 2.45) is 5.92 Å². The third-order valence-electron chi connectivity index (χ3n) is 3.45. The van der Waals surface area contributed by atoms with E-state index in [0.29, 0.717) is 6.04 Å². The van der Waals surface area contributed by atoms with Gasteiger partial charge in [-0.1, -0.05) is 12.8 Å². The molecule has 2 rings (SSSR count). The van der Waals surface area contributed by atoms with Crippen molar-refractivity contribution in [3.8, 4) is 0 Å². The molecule has 0 unspecified atom stereocenters. The summed E-state index contributed by atoms with van der Waals surface area (Å²) in [4.78, 5) is 11.4. The highest BCUT2D eigenvalue weighted by Gasteiger charge is 2.21. The fourth-order valence-corrected chi connectivity index (χ4v) is 2.22. The number of nitrogens with one attached hydrogen (secondary N) is 2. The molecule has 3 nitrogen and oxygen atoms in total. The fraction of sp³-hybridized carbons (Fsp3) is 0.917. The number of carbonyl (C=O) groups is 1. The largest absolute Gasteiger partial charge is 0.356 e. The van der Waals surface area contributed by atoms with Gasteiger partial charge >= 0.3 is 0 Å². The third kappa shape index (κ3) is 4.20. The third-order valence-corrected chi connectivity index (χ3v) is 3.45. The Morgan fingerprint density at radius 3 is 2.80 bits per heavy atom. The maximum atomic E-state index is 11.4. The summed E-state index contributed by atoms with van der Waals surface area (Å²) in [6.45, 7) is 2.00. The average Bonchev–Trinajstić information content (AvgIpc) is 2.92. The van der Waals surface area contributed by atoms with Gasteiger partial charge in [0, 0.05) is 19.0 Å². The molecule has 0 radical (unpaired) electrons. The van der Waals surface area contributed by atoms with Crippen LogP contribution in [0, 0.1) is 5.92 Å². The van der Waals surface area contributed by atoms with Crippen molar-refractivity contribution in [3.63, 3.8) is 0 Å². The number of hydrogen-bond acceptors (Lipinski definition) is 2. The zero-order chi connectivity index (χ0) is 10.5. The van der Waals surface area contributed by atoms with Crippen LogP contribution in [-0.4, -0.2) is 25.0 Å². The summed E-state index contributed by atoms with van der Waals surface area (Å²) in [6.07, 6.45) is 8.20. The van der Waals surface area contributed by atoms with Crippen molar-refractivity contribution in [3.05, 3.63) is 0 Å². The molecule has 0 aromatic rings.